The fraction of sp³-hybridized carbons (Fsp3) is 0.652. The van der Waals surface area contributed by atoms with Crippen LogP contribution in [0.3, 0.4) is 0 Å². The number of nitrogens with zero attached hydrogens (tertiary/aromatic N) is 4. The second-order valence-electron chi connectivity index (χ2n) is 9.98. The van der Waals surface area contributed by atoms with Gasteiger partial charge in [0.25, 0.3) is 0 Å². The Hall–Kier alpha value is -2.82. The molecule has 164 valence electrons. The van der Waals surface area contributed by atoms with E-state index in [4.69, 9.17) is 15.7 Å². The summed E-state index contributed by atoms with van der Waals surface area (Å²) in [4.78, 5) is 33.3. The summed E-state index contributed by atoms with van der Waals surface area (Å²) in [5, 5.41) is 8.94. The number of likely N-dealkylation sites (tertiary alicyclic amines) is 1. The van der Waals surface area contributed by atoms with Crippen molar-refractivity contribution >= 4 is 17.8 Å². The molecule has 1 saturated heterocycles. The third kappa shape index (κ3) is 3.40. The maximum Gasteiger partial charge on any atom is 0.410 e. The first-order valence-electron chi connectivity index (χ1n) is 11.2. The number of amides is 2. The summed E-state index contributed by atoms with van der Waals surface area (Å²) in [7, 11) is 1.97. The number of primary amides is 1. The second kappa shape index (κ2) is 7.40. The number of hydrogen-bond donors (Lipinski definition) is 1. The average Bonchev–Trinajstić information content (AvgIpc) is 3.25. The van der Waals surface area contributed by atoms with Crippen LogP contribution in [0, 0.1) is 34.5 Å². The molecule has 2 N–H and O–H groups in total. The Balaban J connectivity index is 1.20. The lowest BCUT2D eigenvalue weighted by Crippen LogP contribution is -2.59. The standard InChI is InChI=1S/C23H29N5O3/c1-27(19-3-2-14(11-24)12-26-19)18-4-5-28(13-18)22(30)31-20-16-6-15-7-17(20)10-23(8-15,9-16)21(25)29/h2-3,12,15-18,20H,4-10,13H2,1H3,(H2,25,29)/t15?,16-,17?,18?,20?,23?/m0/s1. The van der Waals surface area contributed by atoms with Crippen LogP contribution in [0.1, 0.15) is 44.1 Å². The van der Waals surface area contributed by atoms with E-state index in [9.17, 15) is 9.59 Å². The minimum Gasteiger partial charge on any atom is -0.446 e. The van der Waals surface area contributed by atoms with Crippen LogP contribution in [0.4, 0.5) is 10.6 Å². The van der Waals surface area contributed by atoms with Gasteiger partial charge in [-0.1, -0.05) is 0 Å². The molecule has 2 heterocycles. The van der Waals surface area contributed by atoms with Crippen molar-refractivity contribution in [3.63, 3.8) is 0 Å². The van der Waals surface area contributed by atoms with Crippen LogP contribution in [-0.4, -0.2) is 54.2 Å². The van der Waals surface area contributed by atoms with Crippen molar-refractivity contribution in [1.29, 1.82) is 5.26 Å². The predicted octanol–water partition coefficient (Wildman–Crippen LogP) is 2.28. The lowest BCUT2D eigenvalue weighted by Gasteiger charge is -2.58. The average molecular weight is 424 g/mol. The maximum atomic E-state index is 13.0. The zero-order valence-electron chi connectivity index (χ0n) is 17.9. The van der Waals surface area contributed by atoms with Crippen molar-refractivity contribution in [1.82, 2.24) is 9.88 Å². The zero-order chi connectivity index (χ0) is 21.8. The van der Waals surface area contributed by atoms with Crippen molar-refractivity contribution in [3.05, 3.63) is 23.9 Å². The quantitative estimate of drug-likeness (QED) is 0.795. The number of anilines is 1. The van der Waals surface area contributed by atoms with E-state index in [1.54, 1.807) is 17.2 Å². The third-order valence-electron chi connectivity index (χ3n) is 8.15. The van der Waals surface area contributed by atoms with E-state index in [1.165, 1.54) is 0 Å². The summed E-state index contributed by atoms with van der Waals surface area (Å²) in [6.07, 6.45) is 6.61. The van der Waals surface area contributed by atoms with Gasteiger partial charge in [0.15, 0.2) is 0 Å². The van der Waals surface area contributed by atoms with Gasteiger partial charge in [0, 0.05) is 32.4 Å². The molecule has 5 aliphatic rings. The van der Waals surface area contributed by atoms with Gasteiger partial charge in [-0.3, -0.25) is 4.79 Å². The summed E-state index contributed by atoms with van der Waals surface area (Å²) in [6.45, 7) is 1.24. The largest absolute Gasteiger partial charge is 0.446 e. The molecule has 8 heteroatoms. The van der Waals surface area contributed by atoms with Gasteiger partial charge in [0.2, 0.25) is 5.91 Å². The Bertz CT molecular complexity index is 910. The lowest BCUT2D eigenvalue weighted by molar-refractivity contribution is -0.161. The highest BCUT2D eigenvalue weighted by Gasteiger charge is 2.59. The van der Waals surface area contributed by atoms with Crippen LogP contribution < -0.4 is 10.6 Å². The molecule has 5 unspecified atom stereocenters. The predicted molar refractivity (Wildman–Crippen MR) is 113 cm³/mol. The van der Waals surface area contributed by atoms with Gasteiger partial charge < -0.3 is 20.3 Å². The molecular formula is C23H29N5O3. The molecule has 0 spiro atoms. The van der Waals surface area contributed by atoms with Crippen LogP contribution >= 0.6 is 0 Å². The molecule has 0 radical (unpaired) electrons. The molecule has 2 amide bonds. The highest BCUT2D eigenvalue weighted by molar-refractivity contribution is 5.81. The Morgan fingerprint density at radius 2 is 2.03 bits per heavy atom. The number of aromatic nitrogens is 1. The monoisotopic (exact) mass is 423 g/mol. The van der Waals surface area contributed by atoms with Gasteiger partial charge >= 0.3 is 6.09 Å². The third-order valence-corrected chi connectivity index (χ3v) is 8.15. The van der Waals surface area contributed by atoms with E-state index in [2.05, 4.69) is 16.0 Å². The number of likely N-dealkylation sites (N-methyl/N-ethyl adjacent to an activating group) is 1. The maximum absolute atomic E-state index is 13.0. The zero-order valence-corrected chi connectivity index (χ0v) is 17.9. The molecule has 1 aliphatic heterocycles. The van der Waals surface area contributed by atoms with E-state index < -0.39 is 0 Å². The van der Waals surface area contributed by atoms with E-state index in [0.717, 1.165) is 44.3 Å². The van der Waals surface area contributed by atoms with Crippen LogP contribution in [-0.2, 0) is 9.53 Å². The summed E-state index contributed by atoms with van der Waals surface area (Å²) in [5.41, 5.74) is 5.93. The number of pyridine rings is 1. The van der Waals surface area contributed by atoms with Gasteiger partial charge in [-0.05, 0) is 68.4 Å². The number of ether oxygens (including phenoxy) is 1. The van der Waals surface area contributed by atoms with Crippen LogP contribution in [0.25, 0.3) is 0 Å². The van der Waals surface area contributed by atoms with Gasteiger partial charge in [-0.15, -0.1) is 0 Å². The van der Waals surface area contributed by atoms with E-state index >= 15 is 0 Å². The van der Waals surface area contributed by atoms with Crippen molar-refractivity contribution < 1.29 is 14.3 Å². The summed E-state index contributed by atoms with van der Waals surface area (Å²) < 4.78 is 6.06. The Labute approximate surface area is 182 Å². The van der Waals surface area contributed by atoms with E-state index in [0.29, 0.717) is 24.6 Å². The normalized spacial score (nSPS) is 35.6. The van der Waals surface area contributed by atoms with Crippen molar-refractivity contribution in [2.24, 2.45) is 28.9 Å². The van der Waals surface area contributed by atoms with Crippen molar-refractivity contribution in [2.45, 2.75) is 50.7 Å². The SMILES string of the molecule is CN(c1ccc(C#N)cn1)C1CCN(C(=O)OC2C3CC4C[C@H]2CC(C(N)=O)(C4)C3)C1. The molecule has 1 aromatic heterocycles. The summed E-state index contributed by atoms with van der Waals surface area (Å²) in [5.74, 6) is 1.68. The first-order chi connectivity index (χ1) is 14.9. The highest BCUT2D eigenvalue weighted by atomic mass is 16.6. The van der Waals surface area contributed by atoms with E-state index in [1.807, 2.05) is 13.1 Å². The smallest absolute Gasteiger partial charge is 0.410 e. The Morgan fingerprint density at radius 1 is 1.29 bits per heavy atom. The van der Waals surface area contributed by atoms with Gasteiger partial charge in [-0.25, -0.2) is 9.78 Å². The molecular weight excluding hydrogens is 394 g/mol. The molecule has 8 nitrogen and oxygen atoms in total. The molecule has 31 heavy (non-hydrogen) atoms. The molecule has 1 aromatic rings. The lowest BCUT2D eigenvalue weighted by atomic mass is 9.48. The molecule has 4 saturated carbocycles. The van der Waals surface area contributed by atoms with Gasteiger partial charge in [0.1, 0.15) is 18.0 Å². The fourth-order valence-electron chi connectivity index (χ4n) is 6.73. The van der Waals surface area contributed by atoms with Crippen LogP contribution in [0.5, 0.6) is 0 Å². The number of carbonyl (C=O) groups excluding carboxylic acids is 2. The van der Waals surface area contributed by atoms with Gasteiger partial charge in [0.05, 0.1) is 11.0 Å². The summed E-state index contributed by atoms with van der Waals surface area (Å²) >= 11 is 0. The molecule has 4 bridgehead atoms. The van der Waals surface area contributed by atoms with Gasteiger partial charge in [-0.2, -0.15) is 5.26 Å². The number of carbonyl (C=O) groups is 2. The Kier molecular flexibility index (Phi) is 4.80. The first kappa shape index (κ1) is 20.1. The minimum atomic E-state index is -0.366. The number of nitriles is 1. The fourth-order valence-corrected chi connectivity index (χ4v) is 6.73. The molecule has 5 fully saturated rings. The Morgan fingerprint density at radius 3 is 2.65 bits per heavy atom. The summed E-state index contributed by atoms with van der Waals surface area (Å²) in [6, 6.07) is 5.83. The van der Waals surface area contributed by atoms with Crippen molar-refractivity contribution in [3.8, 4) is 6.07 Å². The van der Waals surface area contributed by atoms with Crippen molar-refractivity contribution in [2.75, 3.05) is 25.0 Å². The van der Waals surface area contributed by atoms with E-state index in [-0.39, 0.29) is 41.4 Å². The molecule has 6 rings (SSSR count). The highest BCUT2D eigenvalue weighted by Crippen LogP contribution is 2.60. The molecule has 4 aliphatic carbocycles. The first-order valence-corrected chi connectivity index (χ1v) is 11.2. The molecule has 6 atom stereocenters. The number of nitrogens with two attached hydrogens (primary N) is 1. The van der Waals surface area contributed by atoms with Crippen LogP contribution in [0.2, 0.25) is 0 Å². The minimum absolute atomic E-state index is 0.0894. The number of hydrogen-bond acceptors (Lipinski definition) is 6. The topological polar surface area (TPSA) is 113 Å². The molecule has 0 aromatic carbocycles. The second-order valence-corrected chi connectivity index (χ2v) is 9.98. The number of rotatable bonds is 4. The van der Waals surface area contributed by atoms with Crippen LogP contribution in [0.15, 0.2) is 18.3 Å².